The first-order valence-corrected chi connectivity index (χ1v) is 8.66. The summed E-state index contributed by atoms with van der Waals surface area (Å²) in [4.78, 5) is 0. The van der Waals surface area contributed by atoms with Gasteiger partial charge in [0.05, 0.1) is 0 Å². The van der Waals surface area contributed by atoms with Gasteiger partial charge in [-0.25, -0.2) is 0 Å². The monoisotopic (exact) mass is 318 g/mol. The smallest absolute Gasteiger partial charge is 0.115 e. The van der Waals surface area contributed by atoms with Crippen LogP contribution in [0.25, 0.3) is 0 Å². The minimum atomic E-state index is -0.172. The maximum absolute atomic E-state index is 9.72. The van der Waals surface area contributed by atoms with Crippen LogP contribution < -0.4 is 0 Å². The van der Waals surface area contributed by atoms with E-state index in [-0.39, 0.29) is 5.41 Å². The third-order valence-electron chi connectivity index (χ3n) is 5.59. The largest absolute Gasteiger partial charge is 0.508 e. The summed E-state index contributed by atoms with van der Waals surface area (Å²) < 4.78 is 0. The van der Waals surface area contributed by atoms with Crippen LogP contribution in [0.1, 0.15) is 36.8 Å². The standard InChI is InChI=1S/C22H22O2/c23-19-11-7-17(8-12-19)22(18-9-13-20(24)14-10-18)15-3-5-16-4-1-2-6-21(16)22/h1-2,6-14,16,23-24H,3-5,15H2. The third-order valence-corrected chi connectivity index (χ3v) is 5.59. The predicted molar refractivity (Wildman–Crippen MR) is 96.2 cm³/mol. The van der Waals surface area contributed by atoms with Crippen molar-refractivity contribution in [1.82, 2.24) is 0 Å². The first-order valence-electron chi connectivity index (χ1n) is 8.66. The molecule has 2 aliphatic carbocycles. The van der Waals surface area contributed by atoms with Crippen molar-refractivity contribution in [1.29, 1.82) is 0 Å². The molecule has 2 aromatic rings. The van der Waals surface area contributed by atoms with Crippen LogP contribution in [0.5, 0.6) is 11.5 Å². The zero-order valence-electron chi connectivity index (χ0n) is 13.7. The van der Waals surface area contributed by atoms with Gasteiger partial charge in [-0.15, -0.1) is 0 Å². The van der Waals surface area contributed by atoms with Crippen molar-refractivity contribution in [3.8, 4) is 11.5 Å². The van der Waals surface area contributed by atoms with Crippen molar-refractivity contribution in [2.24, 2.45) is 5.92 Å². The number of fused-ring (bicyclic) bond motifs is 1. The second-order valence-corrected chi connectivity index (χ2v) is 6.87. The van der Waals surface area contributed by atoms with Gasteiger partial charge in [-0.2, -0.15) is 0 Å². The molecule has 0 spiro atoms. The lowest BCUT2D eigenvalue weighted by Crippen LogP contribution is -2.37. The number of phenolic OH excluding ortho intramolecular Hbond substituents is 2. The normalized spacial score (nSPS) is 21.8. The first kappa shape index (κ1) is 15.1. The van der Waals surface area contributed by atoms with Gasteiger partial charge >= 0.3 is 0 Å². The van der Waals surface area contributed by atoms with Gasteiger partial charge in [0.2, 0.25) is 0 Å². The molecule has 1 fully saturated rings. The summed E-state index contributed by atoms with van der Waals surface area (Å²) in [6.07, 6.45) is 11.3. The molecule has 2 aliphatic rings. The van der Waals surface area contributed by atoms with Gasteiger partial charge in [0, 0.05) is 5.41 Å². The molecule has 2 aromatic carbocycles. The fourth-order valence-electron chi connectivity index (χ4n) is 4.48. The van der Waals surface area contributed by atoms with Crippen LogP contribution in [-0.2, 0) is 5.41 Å². The molecule has 4 rings (SSSR count). The van der Waals surface area contributed by atoms with E-state index >= 15 is 0 Å². The average Bonchev–Trinajstić information content (AvgIpc) is 2.62. The second-order valence-electron chi connectivity index (χ2n) is 6.87. The van der Waals surface area contributed by atoms with Crippen LogP contribution in [0.15, 0.2) is 72.3 Å². The van der Waals surface area contributed by atoms with Gasteiger partial charge in [-0.3, -0.25) is 0 Å². The Hall–Kier alpha value is -2.48. The Balaban J connectivity index is 1.95. The highest BCUT2D eigenvalue weighted by Crippen LogP contribution is 2.52. The van der Waals surface area contributed by atoms with E-state index in [2.05, 4.69) is 18.2 Å². The number of allylic oxidation sites excluding steroid dienone is 4. The lowest BCUT2D eigenvalue weighted by molar-refractivity contribution is 0.355. The predicted octanol–water partition coefficient (Wildman–Crippen LogP) is 5.07. The number of rotatable bonds is 2. The third kappa shape index (κ3) is 2.34. The highest BCUT2D eigenvalue weighted by Gasteiger charge is 2.43. The minimum absolute atomic E-state index is 0.172. The number of phenols is 2. The lowest BCUT2D eigenvalue weighted by Gasteiger charge is -2.45. The fourth-order valence-corrected chi connectivity index (χ4v) is 4.48. The van der Waals surface area contributed by atoms with Gasteiger partial charge in [0.15, 0.2) is 0 Å². The van der Waals surface area contributed by atoms with Crippen LogP contribution >= 0.6 is 0 Å². The summed E-state index contributed by atoms with van der Waals surface area (Å²) in [5, 5.41) is 19.4. The summed E-state index contributed by atoms with van der Waals surface area (Å²) in [5.74, 6) is 1.17. The molecule has 0 heterocycles. The van der Waals surface area contributed by atoms with Gasteiger partial charge < -0.3 is 10.2 Å². The van der Waals surface area contributed by atoms with E-state index < -0.39 is 0 Å². The van der Waals surface area contributed by atoms with Gasteiger partial charge in [0.1, 0.15) is 11.5 Å². The highest BCUT2D eigenvalue weighted by atomic mass is 16.3. The lowest BCUT2D eigenvalue weighted by atomic mass is 9.58. The van der Waals surface area contributed by atoms with Crippen LogP contribution in [0.2, 0.25) is 0 Å². The molecule has 2 heteroatoms. The summed E-state index contributed by atoms with van der Waals surface area (Å²) in [5.41, 5.74) is 3.73. The molecule has 2 nitrogen and oxygen atoms in total. The summed E-state index contributed by atoms with van der Waals surface area (Å²) in [6.45, 7) is 0. The number of hydrogen-bond donors (Lipinski definition) is 2. The quantitative estimate of drug-likeness (QED) is 0.811. The summed E-state index contributed by atoms with van der Waals surface area (Å²) in [6, 6.07) is 15.3. The molecule has 0 aliphatic heterocycles. The number of aromatic hydroxyl groups is 2. The van der Waals surface area contributed by atoms with Crippen molar-refractivity contribution >= 4 is 0 Å². The number of benzene rings is 2. The molecular formula is C22H22O2. The first-order chi connectivity index (χ1) is 11.7. The van der Waals surface area contributed by atoms with E-state index in [9.17, 15) is 10.2 Å². The van der Waals surface area contributed by atoms with E-state index in [1.807, 2.05) is 24.3 Å². The van der Waals surface area contributed by atoms with Crippen LogP contribution in [0.3, 0.4) is 0 Å². The average molecular weight is 318 g/mol. The molecule has 122 valence electrons. The van der Waals surface area contributed by atoms with Gasteiger partial charge in [-0.05, 0) is 60.6 Å². The molecule has 0 amide bonds. The van der Waals surface area contributed by atoms with Gasteiger partial charge in [0.25, 0.3) is 0 Å². The molecule has 0 saturated heterocycles. The van der Waals surface area contributed by atoms with Crippen molar-refractivity contribution in [2.75, 3.05) is 0 Å². The number of hydrogen-bond acceptors (Lipinski definition) is 2. The Bertz CT molecular complexity index is 736. The van der Waals surface area contributed by atoms with E-state index in [1.54, 1.807) is 24.3 Å². The van der Waals surface area contributed by atoms with E-state index in [0.717, 1.165) is 12.8 Å². The van der Waals surface area contributed by atoms with Crippen molar-refractivity contribution in [3.63, 3.8) is 0 Å². The zero-order chi connectivity index (χ0) is 16.6. The summed E-state index contributed by atoms with van der Waals surface area (Å²) >= 11 is 0. The highest BCUT2D eigenvalue weighted by molar-refractivity contribution is 5.53. The van der Waals surface area contributed by atoms with Crippen molar-refractivity contribution in [2.45, 2.75) is 31.1 Å². The second kappa shape index (κ2) is 5.86. The molecule has 0 aromatic heterocycles. The zero-order valence-corrected chi connectivity index (χ0v) is 13.7. The minimum Gasteiger partial charge on any atom is -0.508 e. The van der Waals surface area contributed by atoms with Crippen molar-refractivity contribution < 1.29 is 10.2 Å². The molecule has 24 heavy (non-hydrogen) atoms. The molecular weight excluding hydrogens is 296 g/mol. The molecule has 1 saturated carbocycles. The molecule has 0 bridgehead atoms. The molecule has 1 atom stereocenters. The Labute approximate surface area is 142 Å². The molecule has 1 unspecified atom stereocenters. The molecule has 2 N–H and O–H groups in total. The maximum atomic E-state index is 9.72. The van der Waals surface area contributed by atoms with Crippen LogP contribution in [0.4, 0.5) is 0 Å². The Kier molecular flexibility index (Phi) is 3.68. The topological polar surface area (TPSA) is 40.5 Å². The van der Waals surface area contributed by atoms with E-state index in [0.29, 0.717) is 17.4 Å². The summed E-state index contributed by atoms with van der Waals surface area (Å²) in [7, 11) is 0. The van der Waals surface area contributed by atoms with E-state index in [1.165, 1.54) is 29.5 Å². The van der Waals surface area contributed by atoms with Crippen LogP contribution in [-0.4, -0.2) is 10.2 Å². The Morgan fingerprint density at radius 3 is 2.00 bits per heavy atom. The van der Waals surface area contributed by atoms with Crippen molar-refractivity contribution in [3.05, 3.63) is 83.5 Å². The van der Waals surface area contributed by atoms with Gasteiger partial charge in [-0.1, -0.05) is 54.5 Å². The Morgan fingerprint density at radius 2 is 1.42 bits per heavy atom. The van der Waals surface area contributed by atoms with Crippen LogP contribution in [0, 0.1) is 5.92 Å². The van der Waals surface area contributed by atoms with E-state index in [4.69, 9.17) is 0 Å². The SMILES string of the molecule is Oc1ccc(C2(c3ccc(O)cc3)CCCC3CC=CC=C32)cc1. The maximum Gasteiger partial charge on any atom is 0.115 e. The molecule has 0 radical (unpaired) electrons. The fraction of sp³-hybridized carbons (Fsp3) is 0.273. The Morgan fingerprint density at radius 1 is 0.833 bits per heavy atom.